The van der Waals surface area contributed by atoms with E-state index in [0.29, 0.717) is 11.6 Å². The van der Waals surface area contributed by atoms with Crippen molar-refractivity contribution in [1.82, 2.24) is 15.5 Å². The van der Waals surface area contributed by atoms with Gasteiger partial charge in [-0.05, 0) is 25.8 Å². The van der Waals surface area contributed by atoms with Gasteiger partial charge in [0.2, 0.25) is 15.2 Å². The van der Waals surface area contributed by atoms with Gasteiger partial charge in [-0.25, -0.2) is 8.42 Å². The lowest BCUT2D eigenvalue weighted by molar-refractivity contribution is 0.597. The number of sulfonamides is 1. The van der Waals surface area contributed by atoms with Crippen LogP contribution in [0.1, 0.15) is 43.7 Å². The van der Waals surface area contributed by atoms with Gasteiger partial charge in [-0.1, -0.05) is 24.7 Å². The molecule has 2 N–H and O–H groups in total. The molecule has 8 heteroatoms. The Balaban J connectivity index is 1.97. The fraction of sp³-hybridized carbons (Fsp3) is 0.800. The molecular weight excluding hydrogens is 272 g/mol. The number of unbranched alkanes of at least 4 members (excludes halogenated alkanes) is 1. The second-order valence-electron chi connectivity index (χ2n) is 4.37. The zero-order chi connectivity index (χ0) is 13.0. The lowest BCUT2D eigenvalue weighted by Gasteiger charge is -2.04. The van der Waals surface area contributed by atoms with Gasteiger partial charge in [-0.3, -0.25) is 4.72 Å². The molecule has 18 heavy (non-hydrogen) atoms. The number of nitrogens with zero attached hydrogens (tertiary/aromatic N) is 2. The molecule has 0 amide bonds. The van der Waals surface area contributed by atoms with Crippen molar-refractivity contribution in [2.45, 2.75) is 38.6 Å². The monoisotopic (exact) mass is 290 g/mol. The normalized spacial score (nSPS) is 20.2. The van der Waals surface area contributed by atoms with Crippen molar-refractivity contribution < 1.29 is 8.42 Å². The molecule has 1 aromatic heterocycles. The molecule has 2 heterocycles. The van der Waals surface area contributed by atoms with Crippen LogP contribution in [0, 0.1) is 0 Å². The third-order valence-corrected chi connectivity index (χ3v) is 5.22. The predicted octanol–water partition coefficient (Wildman–Crippen LogP) is 1.50. The first-order valence-electron chi connectivity index (χ1n) is 6.18. The number of hydrogen-bond donors (Lipinski definition) is 2. The van der Waals surface area contributed by atoms with Gasteiger partial charge >= 0.3 is 0 Å². The van der Waals surface area contributed by atoms with Gasteiger partial charge in [-0.2, -0.15) is 0 Å². The van der Waals surface area contributed by atoms with E-state index < -0.39 is 10.0 Å². The van der Waals surface area contributed by atoms with Gasteiger partial charge in [0.1, 0.15) is 5.01 Å². The number of anilines is 1. The van der Waals surface area contributed by atoms with Crippen LogP contribution in [-0.4, -0.2) is 30.9 Å². The topological polar surface area (TPSA) is 84.0 Å². The molecule has 0 saturated carbocycles. The Kier molecular flexibility index (Phi) is 4.52. The van der Waals surface area contributed by atoms with E-state index in [0.717, 1.165) is 30.8 Å². The summed E-state index contributed by atoms with van der Waals surface area (Å²) in [6.07, 6.45) is 3.68. The van der Waals surface area contributed by atoms with Crippen LogP contribution in [0.3, 0.4) is 0 Å². The largest absolute Gasteiger partial charge is 0.308 e. The fourth-order valence-electron chi connectivity index (χ4n) is 1.83. The van der Waals surface area contributed by atoms with Gasteiger partial charge in [0.05, 0.1) is 11.8 Å². The van der Waals surface area contributed by atoms with Crippen molar-refractivity contribution >= 4 is 26.5 Å². The molecular formula is C10H18N4O2S2. The quantitative estimate of drug-likeness (QED) is 0.829. The number of hydrogen-bond acceptors (Lipinski definition) is 6. The SMILES string of the molecule is CCCCS(=O)(=O)Nc1nnc(C2CCCN2)s1. The van der Waals surface area contributed by atoms with Crippen LogP contribution < -0.4 is 10.0 Å². The van der Waals surface area contributed by atoms with E-state index >= 15 is 0 Å². The third kappa shape index (κ3) is 3.63. The summed E-state index contributed by atoms with van der Waals surface area (Å²) in [6, 6.07) is 0.233. The summed E-state index contributed by atoms with van der Waals surface area (Å²) < 4.78 is 25.9. The van der Waals surface area contributed by atoms with Crippen molar-refractivity contribution in [3.05, 3.63) is 5.01 Å². The highest BCUT2D eigenvalue weighted by atomic mass is 32.2. The van der Waals surface area contributed by atoms with Crippen LogP contribution in [0.15, 0.2) is 0 Å². The Morgan fingerprint density at radius 3 is 3.00 bits per heavy atom. The van der Waals surface area contributed by atoms with Crippen molar-refractivity contribution in [1.29, 1.82) is 0 Å². The summed E-state index contributed by atoms with van der Waals surface area (Å²) in [6.45, 7) is 2.95. The van der Waals surface area contributed by atoms with Crippen molar-refractivity contribution in [3.8, 4) is 0 Å². The summed E-state index contributed by atoms with van der Waals surface area (Å²) in [7, 11) is -3.27. The van der Waals surface area contributed by atoms with E-state index in [4.69, 9.17) is 0 Å². The van der Waals surface area contributed by atoms with Crippen molar-refractivity contribution in [2.75, 3.05) is 17.0 Å². The van der Waals surface area contributed by atoms with E-state index in [1.807, 2.05) is 6.92 Å². The molecule has 0 aliphatic carbocycles. The Bertz CT molecular complexity index is 480. The summed E-state index contributed by atoms with van der Waals surface area (Å²) >= 11 is 1.32. The molecule has 0 radical (unpaired) electrons. The van der Waals surface area contributed by atoms with E-state index in [2.05, 4.69) is 20.2 Å². The van der Waals surface area contributed by atoms with Gasteiger partial charge < -0.3 is 5.32 Å². The Morgan fingerprint density at radius 2 is 2.33 bits per heavy atom. The predicted molar refractivity (Wildman–Crippen MR) is 72.2 cm³/mol. The zero-order valence-electron chi connectivity index (χ0n) is 10.3. The minimum absolute atomic E-state index is 0.139. The molecule has 1 aliphatic rings. The Labute approximate surface area is 111 Å². The fourth-order valence-corrected chi connectivity index (χ4v) is 4.16. The van der Waals surface area contributed by atoms with Crippen LogP contribution in [-0.2, 0) is 10.0 Å². The smallest absolute Gasteiger partial charge is 0.234 e. The molecule has 1 atom stereocenters. The lowest BCUT2D eigenvalue weighted by atomic mass is 10.2. The Hall–Kier alpha value is -0.730. The molecule has 1 aliphatic heterocycles. The summed E-state index contributed by atoms with van der Waals surface area (Å²) in [4.78, 5) is 0. The molecule has 0 aromatic carbocycles. The van der Waals surface area contributed by atoms with Crippen molar-refractivity contribution in [3.63, 3.8) is 0 Å². The molecule has 1 aromatic rings. The number of nitrogens with one attached hydrogen (secondary N) is 2. The van der Waals surface area contributed by atoms with Crippen molar-refractivity contribution in [2.24, 2.45) is 0 Å². The van der Waals surface area contributed by atoms with Crippen LogP contribution in [0.25, 0.3) is 0 Å². The molecule has 1 unspecified atom stereocenters. The maximum Gasteiger partial charge on any atom is 0.234 e. The summed E-state index contributed by atoms with van der Waals surface area (Å²) in [5, 5.41) is 12.5. The first-order valence-corrected chi connectivity index (χ1v) is 8.65. The van der Waals surface area contributed by atoms with E-state index in [1.54, 1.807) is 0 Å². The van der Waals surface area contributed by atoms with E-state index in [1.165, 1.54) is 11.3 Å². The molecule has 2 rings (SSSR count). The molecule has 0 bridgehead atoms. The summed E-state index contributed by atoms with van der Waals surface area (Å²) in [5.41, 5.74) is 0. The maximum atomic E-state index is 11.7. The van der Waals surface area contributed by atoms with Gasteiger partial charge in [0, 0.05) is 0 Å². The van der Waals surface area contributed by atoms with Gasteiger partial charge in [0.15, 0.2) is 0 Å². The van der Waals surface area contributed by atoms with E-state index in [-0.39, 0.29) is 11.8 Å². The number of aromatic nitrogens is 2. The second-order valence-corrected chi connectivity index (χ2v) is 7.22. The number of rotatable bonds is 6. The first kappa shape index (κ1) is 13.7. The average molecular weight is 290 g/mol. The van der Waals surface area contributed by atoms with Crippen LogP contribution in [0.2, 0.25) is 0 Å². The van der Waals surface area contributed by atoms with E-state index in [9.17, 15) is 8.42 Å². The highest BCUT2D eigenvalue weighted by Crippen LogP contribution is 2.28. The maximum absolute atomic E-state index is 11.7. The van der Waals surface area contributed by atoms with Crippen LogP contribution >= 0.6 is 11.3 Å². The van der Waals surface area contributed by atoms with Crippen LogP contribution in [0.5, 0.6) is 0 Å². The zero-order valence-corrected chi connectivity index (χ0v) is 12.0. The molecule has 0 spiro atoms. The minimum atomic E-state index is -3.27. The Morgan fingerprint density at radius 1 is 1.50 bits per heavy atom. The average Bonchev–Trinajstić information content (AvgIpc) is 2.95. The second kappa shape index (κ2) is 5.94. The molecule has 102 valence electrons. The minimum Gasteiger partial charge on any atom is -0.308 e. The van der Waals surface area contributed by atoms with Gasteiger partial charge in [-0.15, -0.1) is 10.2 Å². The standard InChI is InChI=1S/C10H18N4O2S2/c1-2-3-7-18(15,16)14-10-13-12-9(17-10)8-5-4-6-11-8/h8,11H,2-7H2,1H3,(H,13,14). The highest BCUT2D eigenvalue weighted by molar-refractivity contribution is 7.92. The molecule has 1 saturated heterocycles. The third-order valence-electron chi connectivity index (χ3n) is 2.81. The summed E-state index contributed by atoms with van der Waals surface area (Å²) in [5.74, 6) is 0.139. The highest BCUT2D eigenvalue weighted by Gasteiger charge is 2.21. The first-order chi connectivity index (χ1) is 8.61. The van der Waals surface area contributed by atoms with Crippen LogP contribution in [0.4, 0.5) is 5.13 Å². The molecule has 1 fully saturated rings. The van der Waals surface area contributed by atoms with Gasteiger partial charge in [0.25, 0.3) is 0 Å². The lowest BCUT2D eigenvalue weighted by Crippen LogP contribution is -2.16. The molecule has 6 nitrogen and oxygen atoms in total.